The van der Waals surface area contributed by atoms with Gasteiger partial charge in [-0.1, -0.05) is 56.5 Å². The summed E-state index contributed by atoms with van der Waals surface area (Å²) in [4.78, 5) is 54.0. The van der Waals surface area contributed by atoms with Gasteiger partial charge in [0.2, 0.25) is 17.7 Å². The second kappa shape index (κ2) is 20.5. The summed E-state index contributed by atoms with van der Waals surface area (Å²) in [6.45, 7) is 14.5. The molecule has 1 aromatic heterocycles. The number of amides is 3. The van der Waals surface area contributed by atoms with E-state index in [2.05, 4.69) is 57.7 Å². The number of carbonyl (C=O) groups excluding carboxylic acids is 3. The molecular formula is C55H73ClN10O5. The van der Waals surface area contributed by atoms with Crippen molar-refractivity contribution in [1.82, 2.24) is 40.4 Å². The van der Waals surface area contributed by atoms with Crippen molar-refractivity contribution in [3.05, 3.63) is 64.7 Å². The Bertz CT molecular complexity index is 2480. The predicted molar refractivity (Wildman–Crippen MR) is 276 cm³/mol. The van der Waals surface area contributed by atoms with Crippen LogP contribution in [0.2, 0.25) is 5.02 Å². The van der Waals surface area contributed by atoms with Gasteiger partial charge in [-0.15, -0.1) is 16.6 Å². The number of nitrogens with zero attached hydrogens (tertiary/aromatic N) is 7. The minimum atomic E-state index is -0.869. The minimum absolute atomic E-state index is 0.0257. The van der Waals surface area contributed by atoms with Gasteiger partial charge in [0.05, 0.1) is 23.5 Å². The molecule has 5 N–H and O–H groups in total. The van der Waals surface area contributed by atoms with E-state index >= 15 is 0 Å². The van der Waals surface area contributed by atoms with Gasteiger partial charge in [-0.2, -0.15) is 0 Å². The molecule has 6 heterocycles. The van der Waals surface area contributed by atoms with Gasteiger partial charge in [0.25, 0.3) is 0 Å². The number of β-amino-alcohol motifs (C(OH)–C–C–N with tert-alkyl or cyclic N) is 1. The van der Waals surface area contributed by atoms with E-state index in [4.69, 9.17) is 18.0 Å². The maximum absolute atomic E-state index is 14.3. The van der Waals surface area contributed by atoms with Crippen LogP contribution in [0.25, 0.3) is 11.3 Å². The van der Waals surface area contributed by atoms with Crippen LogP contribution >= 0.6 is 11.6 Å². The number of phenols is 1. The van der Waals surface area contributed by atoms with Crippen LogP contribution in [-0.2, 0) is 20.9 Å². The summed E-state index contributed by atoms with van der Waals surface area (Å²) in [5.41, 5.74) is 3.51. The first kappa shape index (κ1) is 49.6. The first-order valence-electron chi connectivity index (χ1n) is 26.4. The van der Waals surface area contributed by atoms with Crippen molar-refractivity contribution in [2.45, 2.75) is 140 Å². The third kappa shape index (κ3) is 10.5. The topological polar surface area (TPSA) is 170 Å². The summed E-state index contributed by atoms with van der Waals surface area (Å²) in [5.74, 6) is 2.62. The highest BCUT2D eigenvalue weighted by Gasteiger charge is 2.50. The molecule has 2 saturated carbocycles. The number of carbonyl (C=O) groups is 3. The third-order valence-corrected chi connectivity index (χ3v) is 17.9. The molecule has 4 saturated heterocycles. The van der Waals surface area contributed by atoms with E-state index in [9.17, 15) is 24.6 Å². The van der Waals surface area contributed by atoms with Crippen molar-refractivity contribution in [2.24, 2.45) is 16.7 Å². The van der Waals surface area contributed by atoms with Crippen LogP contribution in [0.4, 0.5) is 11.5 Å². The number of hydrogen-bond acceptors (Lipinski definition) is 12. The quantitative estimate of drug-likeness (QED) is 0.163. The number of aliphatic hydroxyl groups is 1. The lowest BCUT2D eigenvalue weighted by Gasteiger charge is -2.56. The van der Waals surface area contributed by atoms with Gasteiger partial charge >= 0.3 is 0 Å². The molecule has 2 aromatic carbocycles. The molecule has 3 aromatic rings. The average molecular weight is 990 g/mol. The van der Waals surface area contributed by atoms with Crippen LogP contribution in [0.3, 0.4) is 0 Å². The Morgan fingerprint density at radius 3 is 2.23 bits per heavy atom. The predicted octanol–water partition coefficient (Wildman–Crippen LogP) is 5.48. The molecule has 1 spiro atoms. The number of terminal acetylenes is 1. The Kier molecular flexibility index (Phi) is 14.3. The number of rotatable bonds is 10. The van der Waals surface area contributed by atoms with Gasteiger partial charge in [-0.25, -0.2) is 0 Å². The SMILES string of the molecule is C#Cc1ccc(CNC(=O)[C@@H]2C[C@@H](O)CN2C(=O)[C@@H](NC(=O)[C@H]2CCC3(CC2)C[C@H](N2CCC(N4CCC(N5CCN6c7cc(-c8ccccc8O)nnc7NC[C@H]6C5)CC4)CC2)C3)C(C)(C)C)c(Cl)c1. The number of anilines is 2. The summed E-state index contributed by atoms with van der Waals surface area (Å²) in [5, 5.41) is 40.1. The van der Waals surface area contributed by atoms with Crippen LogP contribution in [0.5, 0.6) is 5.75 Å². The lowest BCUT2D eigenvalue weighted by atomic mass is 9.56. The Morgan fingerprint density at radius 1 is 0.859 bits per heavy atom. The molecule has 380 valence electrons. The smallest absolute Gasteiger partial charge is 0.246 e. The van der Waals surface area contributed by atoms with Crippen molar-refractivity contribution in [1.29, 1.82) is 0 Å². The summed E-state index contributed by atoms with van der Waals surface area (Å²) >= 11 is 6.40. The summed E-state index contributed by atoms with van der Waals surface area (Å²) in [7, 11) is 0. The van der Waals surface area contributed by atoms with Gasteiger partial charge in [0.15, 0.2) is 5.82 Å². The minimum Gasteiger partial charge on any atom is -0.507 e. The van der Waals surface area contributed by atoms with E-state index in [1.165, 1.54) is 69.6 Å². The number of phenolic OH excluding ortho intramolecular Hbond substituents is 1. The molecule has 10 rings (SSSR count). The summed E-state index contributed by atoms with van der Waals surface area (Å²) < 4.78 is 0. The number of likely N-dealkylation sites (tertiary alicyclic amines) is 3. The number of aromatic hydroxyl groups is 1. The number of fused-ring (bicyclic) bond motifs is 3. The van der Waals surface area contributed by atoms with Crippen molar-refractivity contribution in [2.75, 3.05) is 69.1 Å². The fourth-order valence-corrected chi connectivity index (χ4v) is 13.5. The van der Waals surface area contributed by atoms with Gasteiger partial charge in [-0.05, 0) is 137 Å². The molecule has 2 aliphatic carbocycles. The van der Waals surface area contributed by atoms with E-state index in [-0.39, 0.29) is 48.9 Å². The van der Waals surface area contributed by atoms with E-state index in [0.29, 0.717) is 57.0 Å². The molecule has 15 nitrogen and oxygen atoms in total. The molecule has 6 fully saturated rings. The van der Waals surface area contributed by atoms with Crippen LogP contribution in [0, 0.1) is 29.1 Å². The maximum atomic E-state index is 14.3. The van der Waals surface area contributed by atoms with Gasteiger partial charge in [0, 0.05) is 85.9 Å². The molecule has 16 heteroatoms. The number of halogens is 1. The molecule has 7 aliphatic rings. The van der Waals surface area contributed by atoms with Gasteiger partial charge in [0.1, 0.15) is 17.8 Å². The Labute approximate surface area is 424 Å². The van der Waals surface area contributed by atoms with E-state index in [1.54, 1.807) is 24.3 Å². The van der Waals surface area contributed by atoms with Gasteiger partial charge < -0.3 is 45.8 Å². The largest absolute Gasteiger partial charge is 0.507 e. The highest BCUT2D eigenvalue weighted by atomic mass is 35.5. The van der Waals surface area contributed by atoms with Crippen molar-refractivity contribution in [3.63, 3.8) is 0 Å². The number of piperidine rings is 2. The average Bonchev–Trinajstić information content (AvgIpc) is 3.77. The second-order valence-electron chi connectivity index (χ2n) is 22.9. The lowest BCUT2D eigenvalue weighted by molar-refractivity contribution is -0.145. The summed E-state index contributed by atoms with van der Waals surface area (Å²) in [6.07, 6.45) is 15.8. The standard InChI is InChI=1S/C55H73ClN10O5/c1-5-35-10-11-37(44(56)26-35)31-58-52(70)47-27-42(67)34-66(47)53(71)49(54(2,3)4)59-51(69)36-12-18-55(19-13-36)29-40(30-55)63-22-14-38(15-23-63)62-20-16-39(17-21-62)64-24-25-65-41(33-64)32-57-50-46(65)28-45(60-61-50)43-8-6-7-9-48(43)68/h1,6-11,26,28,36,38-42,47,49,67-68H,12-25,27,29-34H2,2-4H3,(H,57,61)(H,58,70)(H,59,69)/t36-,40-,41-,42+,47-,49+,55?/m0/s1. The van der Waals surface area contributed by atoms with Crippen LogP contribution in [0.15, 0.2) is 48.5 Å². The first-order chi connectivity index (χ1) is 34.1. The first-order valence-corrected chi connectivity index (χ1v) is 26.7. The van der Waals surface area contributed by atoms with Crippen molar-refractivity contribution >= 4 is 40.8 Å². The van der Waals surface area contributed by atoms with Crippen LogP contribution in [0.1, 0.15) is 103 Å². The number of aliphatic hydroxyl groups excluding tert-OH is 1. The van der Waals surface area contributed by atoms with Gasteiger partial charge in [-0.3, -0.25) is 19.3 Å². The molecule has 0 radical (unpaired) electrons. The fraction of sp³-hybridized carbons (Fsp3) is 0.618. The molecule has 0 bridgehead atoms. The number of nitrogens with one attached hydrogen (secondary N) is 3. The highest BCUT2D eigenvalue weighted by molar-refractivity contribution is 6.31. The van der Waals surface area contributed by atoms with Crippen LogP contribution in [-0.4, -0.2) is 159 Å². The zero-order valence-corrected chi connectivity index (χ0v) is 42.5. The van der Waals surface area contributed by atoms with E-state index in [1.807, 2.05) is 39.0 Å². The maximum Gasteiger partial charge on any atom is 0.246 e. The third-order valence-electron chi connectivity index (χ3n) is 17.5. The molecule has 4 atom stereocenters. The molecule has 0 unspecified atom stereocenters. The van der Waals surface area contributed by atoms with Crippen molar-refractivity contribution < 1.29 is 24.6 Å². The molecule has 71 heavy (non-hydrogen) atoms. The number of para-hydroxylation sites is 1. The van der Waals surface area contributed by atoms with E-state index in [0.717, 1.165) is 63.4 Å². The molecular weight excluding hydrogens is 916 g/mol. The summed E-state index contributed by atoms with van der Waals surface area (Å²) in [6, 6.07) is 15.2. The number of aromatic nitrogens is 2. The highest BCUT2D eigenvalue weighted by Crippen LogP contribution is 2.55. The van der Waals surface area contributed by atoms with Crippen LogP contribution < -0.4 is 20.9 Å². The zero-order chi connectivity index (χ0) is 49.6. The Hall–Kier alpha value is -4.98. The number of benzene rings is 2. The normalized spacial score (nSPS) is 28.3. The Balaban J connectivity index is 0.646. The van der Waals surface area contributed by atoms with E-state index < -0.39 is 23.6 Å². The second-order valence-corrected chi connectivity index (χ2v) is 23.4. The Morgan fingerprint density at radius 2 is 1.55 bits per heavy atom. The number of hydrogen-bond donors (Lipinski definition) is 5. The lowest BCUT2D eigenvalue weighted by Crippen LogP contribution is -2.61. The molecule has 3 amide bonds. The zero-order valence-electron chi connectivity index (χ0n) is 41.8. The monoisotopic (exact) mass is 989 g/mol. The van der Waals surface area contributed by atoms with Crippen molar-refractivity contribution in [3.8, 4) is 29.4 Å². The number of piperazine rings is 1. The fourth-order valence-electron chi connectivity index (χ4n) is 13.3. The molecule has 5 aliphatic heterocycles.